The van der Waals surface area contributed by atoms with Gasteiger partial charge in [0, 0.05) is 18.8 Å². The van der Waals surface area contributed by atoms with Crippen molar-refractivity contribution in [3.63, 3.8) is 0 Å². The Morgan fingerprint density at radius 3 is 2.38 bits per heavy atom. The largest absolute Gasteiger partial charge is 0.391 e. The van der Waals surface area contributed by atoms with Gasteiger partial charge in [0.15, 0.2) is 0 Å². The van der Waals surface area contributed by atoms with Gasteiger partial charge in [-0.2, -0.15) is 0 Å². The molecule has 5 heteroatoms. The fourth-order valence-corrected chi connectivity index (χ4v) is 2.90. The standard InChI is InChI=1S/C11H23NO3S/c1-11(2)6-5-9(10(11)13)12(3)7-8-16(4,14)15/h9-10,13H,5-8H2,1-4H3. The van der Waals surface area contributed by atoms with Crippen LogP contribution in [0.15, 0.2) is 0 Å². The first-order chi connectivity index (χ1) is 7.13. The topological polar surface area (TPSA) is 57.6 Å². The predicted molar refractivity (Wildman–Crippen MR) is 65.2 cm³/mol. The zero-order valence-electron chi connectivity index (χ0n) is 10.6. The van der Waals surface area contributed by atoms with Crippen LogP contribution < -0.4 is 0 Å². The Kier molecular flexibility index (Phi) is 4.03. The van der Waals surface area contributed by atoms with Crippen LogP contribution in [0.4, 0.5) is 0 Å². The smallest absolute Gasteiger partial charge is 0.148 e. The van der Waals surface area contributed by atoms with Crippen LogP contribution in [0.5, 0.6) is 0 Å². The summed E-state index contributed by atoms with van der Waals surface area (Å²) in [6.45, 7) is 4.61. The zero-order valence-corrected chi connectivity index (χ0v) is 11.4. The molecular formula is C11H23NO3S. The van der Waals surface area contributed by atoms with E-state index in [4.69, 9.17) is 0 Å². The second kappa shape index (κ2) is 4.63. The average Bonchev–Trinajstić information content (AvgIpc) is 2.38. The maximum atomic E-state index is 11.1. The predicted octanol–water partition coefficient (Wildman–Crippen LogP) is 0.512. The molecule has 2 unspecified atom stereocenters. The lowest BCUT2D eigenvalue weighted by atomic mass is 9.89. The van der Waals surface area contributed by atoms with Gasteiger partial charge in [-0.05, 0) is 25.3 Å². The van der Waals surface area contributed by atoms with Crippen molar-refractivity contribution in [3.8, 4) is 0 Å². The first kappa shape index (κ1) is 13.9. The third-order valence-corrected chi connectivity index (χ3v) is 4.55. The third-order valence-electron chi connectivity index (χ3n) is 3.63. The van der Waals surface area contributed by atoms with Crippen molar-refractivity contribution >= 4 is 9.84 Å². The van der Waals surface area contributed by atoms with E-state index in [0.717, 1.165) is 12.8 Å². The van der Waals surface area contributed by atoms with Gasteiger partial charge in [-0.1, -0.05) is 13.8 Å². The van der Waals surface area contributed by atoms with Crippen LogP contribution in [-0.4, -0.2) is 56.2 Å². The van der Waals surface area contributed by atoms with Gasteiger partial charge in [0.05, 0.1) is 11.9 Å². The summed E-state index contributed by atoms with van der Waals surface area (Å²) in [5, 5.41) is 10.1. The second-order valence-electron chi connectivity index (χ2n) is 5.65. The number of rotatable bonds is 4. The highest BCUT2D eigenvalue weighted by Crippen LogP contribution is 2.39. The Bertz CT molecular complexity index is 337. The quantitative estimate of drug-likeness (QED) is 0.789. The van der Waals surface area contributed by atoms with Gasteiger partial charge >= 0.3 is 0 Å². The molecule has 0 bridgehead atoms. The lowest BCUT2D eigenvalue weighted by Crippen LogP contribution is -2.43. The van der Waals surface area contributed by atoms with E-state index in [0.29, 0.717) is 6.54 Å². The minimum absolute atomic E-state index is 0.0516. The van der Waals surface area contributed by atoms with Crippen molar-refractivity contribution in [1.29, 1.82) is 0 Å². The molecule has 1 saturated carbocycles. The molecular weight excluding hydrogens is 226 g/mol. The van der Waals surface area contributed by atoms with Crippen LogP contribution in [0.2, 0.25) is 0 Å². The van der Waals surface area contributed by atoms with Crippen molar-refractivity contribution in [2.75, 3.05) is 25.6 Å². The maximum Gasteiger partial charge on any atom is 0.148 e. The number of nitrogens with zero attached hydrogens (tertiary/aromatic N) is 1. The molecule has 2 atom stereocenters. The molecule has 0 heterocycles. The molecule has 0 aromatic heterocycles. The number of aliphatic hydroxyl groups excluding tert-OH is 1. The van der Waals surface area contributed by atoms with E-state index >= 15 is 0 Å². The molecule has 96 valence electrons. The monoisotopic (exact) mass is 249 g/mol. The van der Waals surface area contributed by atoms with E-state index in [1.54, 1.807) is 0 Å². The summed E-state index contributed by atoms with van der Waals surface area (Å²) >= 11 is 0. The Balaban J connectivity index is 2.53. The first-order valence-electron chi connectivity index (χ1n) is 5.69. The van der Waals surface area contributed by atoms with Crippen LogP contribution in [0.3, 0.4) is 0 Å². The number of hydrogen-bond acceptors (Lipinski definition) is 4. The Labute approximate surface area is 98.6 Å². The fourth-order valence-electron chi connectivity index (χ4n) is 2.28. The van der Waals surface area contributed by atoms with E-state index in [-0.39, 0.29) is 23.3 Å². The molecule has 0 aromatic rings. The van der Waals surface area contributed by atoms with E-state index < -0.39 is 9.84 Å². The molecule has 0 aromatic carbocycles. The number of sulfone groups is 1. The molecule has 1 fully saturated rings. The molecule has 0 radical (unpaired) electrons. The van der Waals surface area contributed by atoms with Crippen LogP contribution in [-0.2, 0) is 9.84 Å². The van der Waals surface area contributed by atoms with Crippen molar-refractivity contribution in [2.24, 2.45) is 5.41 Å². The van der Waals surface area contributed by atoms with Crippen molar-refractivity contribution in [1.82, 2.24) is 4.90 Å². The molecule has 16 heavy (non-hydrogen) atoms. The molecule has 1 aliphatic carbocycles. The van der Waals surface area contributed by atoms with E-state index in [1.807, 2.05) is 11.9 Å². The summed E-state index contributed by atoms with van der Waals surface area (Å²) in [6.07, 6.45) is 2.81. The van der Waals surface area contributed by atoms with E-state index in [2.05, 4.69) is 13.8 Å². The SMILES string of the molecule is CN(CCS(C)(=O)=O)C1CCC(C)(C)C1O. The van der Waals surface area contributed by atoms with Crippen LogP contribution >= 0.6 is 0 Å². The lowest BCUT2D eigenvalue weighted by Gasteiger charge is -2.31. The average molecular weight is 249 g/mol. The third kappa shape index (κ3) is 3.43. The molecule has 1 aliphatic rings. The van der Waals surface area contributed by atoms with Crippen LogP contribution in [0, 0.1) is 5.41 Å². The Morgan fingerprint density at radius 1 is 1.44 bits per heavy atom. The minimum Gasteiger partial charge on any atom is -0.391 e. The first-order valence-corrected chi connectivity index (χ1v) is 7.75. The molecule has 1 rings (SSSR count). The number of hydrogen-bond donors (Lipinski definition) is 1. The van der Waals surface area contributed by atoms with E-state index in [1.165, 1.54) is 6.26 Å². The van der Waals surface area contributed by atoms with E-state index in [9.17, 15) is 13.5 Å². The van der Waals surface area contributed by atoms with Crippen LogP contribution in [0.1, 0.15) is 26.7 Å². The van der Waals surface area contributed by atoms with Crippen molar-refractivity contribution in [3.05, 3.63) is 0 Å². The summed E-state index contributed by atoms with van der Waals surface area (Å²) in [5.41, 5.74) is -0.0516. The highest BCUT2D eigenvalue weighted by Gasteiger charge is 2.42. The van der Waals surface area contributed by atoms with Gasteiger partial charge < -0.3 is 5.11 Å². The fraction of sp³-hybridized carbons (Fsp3) is 1.00. The van der Waals surface area contributed by atoms with Gasteiger partial charge in [0.25, 0.3) is 0 Å². The summed E-state index contributed by atoms with van der Waals surface area (Å²) < 4.78 is 22.1. The van der Waals surface area contributed by atoms with Gasteiger partial charge in [-0.25, -0.2) is 8.42 Å². The number of aliphatic hydroxyl groups is 1. The van der Waals surface area contributed by atoms with Crippen molar-refractivity contribution < 1.29 is 13.5 Å². The number of likely N-dealkylation sites (N-methyl/N-ethyl adjacent to an activating group) is 1. The molecule has 0 spiro atoms. The minimum atomic E-state index is -2.92. The normalized spacial score (nSPS) is 29.9. The van der Waals surface area contributed by atoms with Crippen LogP contribution in [0.25, 0.3) is 0 Å². The molecule has 0 saturated heterocycles. The molecule has 0 aliphatic heterocycles. The Hall–Kier alpha value is -0.130. The zero-order chi connectivity index (χ0) is 12.6. The van der Waals surface area contributed by atoms with Gasteiger partial charge in [0.2, 0.25) is 0 Å². The van der Waals surface area contributed by atoms with Gasteiger partial charge in [0.1, 0.15) is 9.84 Å². The summed E-state index contributed by atoms with van der Waals surface area (Å²) in [6, 6.07) is 0.0942. The Morgan fingerprint density at radius 2 is 2.00 bits per heavy atom. The van der Waals surface area contributed by atoms with Gasteiger partial charge in [-0.3, -0.25) is 4.90 Å². The molecule has 1 N–H and O–H groups in total. The summed E-state index contributed by atoms with van der Waals surface area (Å²) in [4.78, 5) is 1.97. The summed E-state index contributed by atoms with van der Waals surface area (Å²) in [5.74, 6) is 0.160. The van der Waals surface area contributed by atoms with Gasteiger partial charge in [-0.15, -0.1) is 0 Å². The molecule has 0 amide bonds. The maximum absolute atomic E-state index is 11.1. The molecule has 4 nitrogen and oxygen atoms in total. The lowest BCUT2D eigenvalue weighted by molar-refractivity contribution is 0.0250. The summed E-state index contributed by atoms with van der Waals surface area (Å²) in [7, 11) is -1.03. The highest BCUT2D eigenvalue weighted by atomic mass is 32.2. The van der Waals surface area contributed by atoms with Crippen molar-refractivity contribution in [2.45, 2.75) is 38.8 Å². The second-order valence-corrected chi connectivity index (χ2v) is 7.91. The highest BCUT2D eigenvalue weighted by molar-refractivity contribution is 7.90.